The predicted molar refractivity (Wildman–Crippen MR) is 84.6 cm³/mol. The first-order valence-corrected chi connectivity index (χ1v) is 8.38. The highest BCUT2D eigenvalue weighted by atomic mass is 32.1. The van der Waals surface area contributed by atoms with E-state index in [9.17, 15) is 4.79 Å². The maximum absolute atomic E-state index is 12.7. The summed E-state index contributed by atoms with van der Waals surface area (Å²) < 4.78 is 0. The molecule has 4 heteroatoms. The molecule has 0 spiro atoms. The lowest BCUT2D eigenvalue weighted by Crippen LogP contribution is -2.39. The van der Waals surface area contributed by atoms with Gasteiger partial charge in [0.25, 0.3) is 0 Å². The third-order valence-electron chi connectivity index (χ3n) is 4.28. The molecule has 1 saturated heterocycles. The third-order valence-corrected chi connectivity index (χ3v) is 4.98. The number of nitrogens with zero attached hydrogens (tertiary/aromatic N) is 1. The van der Waals surface area contributed by atoms with Crippen LogP contribution < -0.4 is 5.32 Å². The molecule has 3 nitrogen and oxygen atoms in total. The van der Waals surface area contributed by atoms with Gasteiger partial charge in [-0.05, 0) is 40.1 Å². The Balaban J connectivity index is 2.26. The summed E-state index contributed by atoms with van der Waals surface area (Å²) in [6.45, 7) is 11.7. The first-order valence-electron chi connectivity index (χ1n) is 7.44. The zero-order valence-corrected chi connectivity index (χ0v) is 14.0. The van der Waals surface area contributed by atoms with E-state index in [1.54, 1.807) is 11.3 Å². The molecule has 112 valence electrons. The van der Waals surface area contributed by atoms with E-state index in [-0.39, 0.29) is 23.5 Å². The average Bonchev–Trinajstić information content (AvgIpc) is 2.99. The van der Waals surface area contributed by atoms with Gasteiger partial charge < -0.3 is 4.90 Å². The Hall–Kier alpha value is -0.870. The SMILES string of the molecule is CCC(C)(C)CN1C(=O)C(C(C)C)NC1c1ccsc1. The van der Waals surface area contributed by atoms with Gasteiger partial charge in [-0.25, -0.2) is 0 Å². The van der Waals surface area contributed by atoms with E-state index in [0.29, 0.717) is 5.92 Å². The minimum absolute atomic E-state index is 0.0342. The van der Waals surface area contributed by atoms with Gasteiger partial charge in [0.05, 0.1) is 6.04 Å². The maximum Gasteiger partial charge on any atom is 0.241 e. The summed E-state index contributed by atoms with van der Waals surface area (Å²) in [6.07, 6.45) is 1.10. The summed E-state index contributed by atoms with van der Waals surface area (Å²) in [5.41, 5.74) is 1.36. The van der Waals surface area contributed by atoms with Crippen molar-refractivity contribution >= 4 is 17.2 Å². The minimum atomic E-state index is -0.0624. The molecule has 2 rings (SSSR count). The van der Waals surface area contributed by atoms with Crippen LogP contribution in [-0.2, 0) is 4.79 Å². The summed E-state index contributed by atoms with van der Waals surface area (Å²) in [6, 6.07) is 2.05. The van der Waals surface area contributed by atoms with Gasteiger partial charge >= 0.3 is 0 Å². The van der Waals surface area contributed by atoms with Crippen LogP contribution in [0.2, 0.25) is 0 Å². The summed E-state index contributed by atoms with van der Waals surface area (Å²) in [5.74, 6) is 0.566. The molecule has 2 heterocycles. The molecule has 0 bridgehead atoms. The fourth-order valence-corrected chi connectivity index (χ4v) is 3.24. The van der Waals surface area contributed by atoms with Crippen LogP contribution in [0, 0.1) is 11.3 Å². The summed E-state index contributed by atoms with van der Waals surface area (Å²) in [5, 5.41) is 7.74. The van der Waals surface area contributed by atoms with Gasteiger partial charge in [-0.15, -0.1) is 0 Å². The van der Waals surface area contributed by atoms with Crippen LogP contribution in [0.25, 0.3) is 0 Å². The van der Waals surface area contributed by atoms with Gasteiger partial charge in [-0.2, -0.15) is 11.3 Å². The minimum Gasteiger partial charge on any atom is -0.321 e. The number of carbonyl (C=O) groups excluding carboxylic acids is 1. The van der Waals surface area contributed by atoms with Gasteiger partial charge in [0.2, 0.25) is 5.91 Å². The van der Waals surface area contributed by atoms with Crippen molar-refractivity contribution < 1.29 is 4.79 Å². The van der Waals surface area contributed by atoms with E-state index in [1.165, 1.54) is 5.56 Å². The highest BCUT2D eigenvalue weighted by Crippen LogP contribution is 2.33. The van der Waals surface area contributed by atoms with E-state index < -0.39 is 0 Å². The van der Waals surface area contributed by atoms with Crippen LogP contribution in [-0.4, -0.2) is 23.4 Å². The molecular formula is C16H26N2OS. The normalized spacial score (nSPS) is 23.9. The molecule has 1 aliphatic rings. The maximum atomic E-state index is 12.7. The Labute approximate surface area is 126 Å². The quantitative estimate of drug-likeness (QED) is 0.899. The Morgan fingerprint density at radius 2 is 2.15 bits per heavy atom. The standard InChI is InChI=1S/C16H26N2OS/c1-6-16(4,5)10-18-14(12-7-8-20-9-12)17-13(11(2)3)15(18)19/h7-9,11,13-14,17H,6,10H2,1-5H3. The fraction of sp³-hybridized carbons (Fsp3) is 0.688. The molecule has 0 saturated carbocycles. The average molecular weight is 294 g/mol. The highest BCUT2D eigenvalue weighted by molar-refractivity contribution is 7.07. The van der Waals surface area contributed by atoms with Crippen molar-refractivity contribution in [1.29, 1.82) is 0 Å². The lowest BCUT2D eigenvalue weighted by Gasteiger charge is -2.32. The van der Waals surface area contributed by atoms with Gasteiger partial charge in [0.1, 0.15) is 6.17 Å². The van der Waals surface area contributed by atoms with E-state index in [1.807, 2.05) is 4.90 Å². The zero-order valence-electron chi connectivity index (χ0n) is 13.1. The third kappa shape index (κ3) is 3.07. The molecule has 1 amide bonds. The van der Waals surface area contributed by atoms with Crippen LogP contribution in [0.5, 0.6) is 0 Å². The Bertz CT molecular complexity index is 453. The van der Waals surface area contributed by atoms with Gasteiger partial charge in [-0.1, -0.05) is 34.6 Å². The zero-order chi connectivity index (χ0) is 14.9. The molecule has 1 aliphatic heterocycles. The first kappa shape index (κ1) is 15.5. The molecular weight excluding hydrogens is 268 g/mol. The summed E-state index contributed by atoms with van der Waals surface area (Å²) in [7, 11) is 0. The van der Waals surface area contributed by atoms with Gasteiger partial charge in [0.15, 0.2) is 0 Å². The van der Waals surface area contributed by atoms with Crippen LogP contribution in [0.3, 0.4) is 0 Å². The number of hydrogen-bond donors (Lipinski definition) is 1. The van der Waals surface area contributed by atoms with E-state index in [0.717, 1.165) is 13.0 Å². The van der Waals surface area contributed by atoms with E-state index in [2.05, 4.69) is 56.8 Å². The number of amides is 1. The second-order valence-electron chi connectivity index (χ2n) is 6.83. The van der Waals surface area contributed by atoms with Crippen LogP contribution in [0.1, 0.15) is 52.8 Å². The van der Waals surface area contributed by atoms with Gasteiger partial charge in [-0.3, -0.25) is 10.1 Å². The lowest BCUT2D eigenvalue weighted by atomic mass is 9.89. The molecule has 0 radical (unpaired) electrons. The van der Waals surface area contributed by atoms with Crippen molar-refractivity contribution in [3.05, 3.63) is 22.4 Å². The van der Waals surface area contributed by atoms with E-state index in [4.69, 9.17) is 0 Å². The van der Waals surface area contributed by atoms with Crippen molar-refractivity contribution in [2.45, 2.75) is 53.2 Å². The number of hydrogen-bond acceptors (Lipinski definition) is 3. The van der Waals surface area contributed by atoms with Crippen molar-refractivity contribution in [2.75, 3.05) is 6.54 Å². The predicted octanol–water partition coefficient (Wildman–Crippen LogP) is 3.64. The molecule has 1 N–H and O–H groups in total. The van der Waals surface area contributed by atoms with Gasteiger partial charge in [0, 0.05) is 6.54 Å². The number of rotatable bonds is 5. The summed E-state index contributed by atoms with van der Waals surface area (Å²) in [4.78, 5) is 14.8. The largest absolute Gasteiger partial charge is 0.321 e. The second-order valence-corrected chi connectivity index (χ2v) is 7.61. The van der Waals surface area contributed by atoms with Crippen molar-refractivity contribution in [3.8, 4) is 0 Å². The molecule has 20 heavy (non-hydrogen) atoms. The first-order chi connectivity index (χ1) is 9.35. The smallest absolute Gasteiger partial charge is 0.241 e. The van der Waals surface area contributed by atoms with Crippen molar-refractivity contribution in [1.82, 2.24) is 10.2 Å². The lowest BCUT2D eigenvalue weighted by molar-refractivity contribution is -0.132. The van der Waals surface area contributed by atoms with Crippen LogP contribution in [0.15, 0.2) is 16.8 Å². The molecule has 0 aromatic carbocycles. The number of nitrogens with one attached hydrogen (secondary N) is 1. The molecule has 1 fully saturated rings. The molecule has 1 aromatic heterocycles. The van der Waals surface area contributed by atoms with Crippen molar-refractivity contribution in [3.63, 3.8) is 0 Å². The molecule has 0 aliphatic carbocycles. The summed E-state index contributed by atoms with van der Waals surface area (Å²) >= 11 is 1.69. The fourth-order valence-electron chi connectivity index (χ4n) is 2.56. The highest BCUT2D eigenvalue weighted by Gasteiger charge is 2.42. The molecule has 1 aromatic rings. The topological polar surface area (TPSA) is 32.3 Å². The Kier molecular flexibility index (Phi) is 4.55. The molecule has 2 atom stereocenters. The van der Waals surface area contributed by atoms with Crippen LogP contribution >= 0.6 is 11.3 Å². The molecule has 2 unspecified atom stereocenters. The Morgan fingerprint density at radius 1 is 1.45 bits per heavy atom. The van der Waals surface area contributed by atoms with E-state index >= 15 is 0 Å². The monoisotopic (exact) mass is 294 g/mol. The van der Waals surface area contributed by atoms with Crippen molar-refractivity contribution in [2.24, 2.45) is 11.3 Å². The number of thiophene rings is 1. The van der Waals surface area contributed by atoms with Crippen LogP contribution in [0.4, 0.5) is 0 Å². The second kappa shape index (κ2) is 5.86. The Morgan fingerprint density at radius 3 is 2.65 bits per heavy atom. The number of carbonyl (C=O) groups is 1.